The van der Waals surface area contributed by atoms with Crippen LogP contribution in [0.15, 0.2) is 30.3 Å². The van der Waals surface area contributed by atoms with Gasteiger partial charge in [-0.3, -0.25) is 4.79 Å². The Hall–Kier alpha value is -2.47. The van der Waals surface area contributed by atoms with Crippen molar-refractivity contribution in [3.8, 4) is 0 Å². The van der Waals surface area contributed by atoms with Gasteiger partial charge in [0.05, 0.1) is 11.7 Å². The third-order valence-corrected chi connectivity index (χ3v) is 5.71. The zero-order valence-corrected chi connectivity index (χ0v) is 16.9. The Morgan fingerprint density at radius 3 is 2.57 bits per heavy atom. The van der Waals surface area contributed by atoms with Gasteiger partial charge in [-0.15, -0.1) is 11.3 Å². The van der Waals surface area contributed by atoms with E-state index in [0.29, 0.717) is 10.6 Å². The van der Waals surface area contributed by atoms with Crippen molar-refractivity contribution in [2.75, 3.05) is 5.32 Å². The third kappa shape index (κ3) is 5.07. The fourth-order valence-electron chi connectivity index (χ4n) is 3.22. The quantitative estimate of drug-likeness (QED) is 0.416. The number of amides is 1. The number of anilines is 1. The van der Waals surface area contributed by atoms with E-state index in [9.17, 15) is 14.0 Å². The summed E-state index contributed by atoms with van der Waals surface area (Å²) >= 11 is 1.47. The molecule has 1 amide bonds. The van der Waals surface area contributed by atoms with Crippen molar-refractivity contribution in [1.82, 2.24) is 0 Å². The van der Waals surface area contributed by atoms with Crippen molar-refractivity contribution in [3.63, 3.8) is 0 Å². The van der Waals surface area contributed by atoms with E-state index in [-0.39, 0.29) is 23.8 Å². The summed E-state index contributed by atoms with van der Waals surface area (Å²) in [5, 5.41) is 3.39. The first-order chi connectivity index (χ1) is 13.4. The molecule has 6 heteroatoms. The molecule has 0 saturated heterocycles. The molecule has 28 heavy (non-hydrogen) atoms. The molecule has 0 fully saturated rings. The highest BCUT2D eigenvalue weighted by Crippen LogP contribution is 2.38. The highest BCUT2D eigenvalue weighted by molar-refractivity contribution is 7.17. The van der Waals surface area contributed by atoms with Crippen LogP contribution in [-0.4, -0.2) is 18.0 Å². The highest BCUT2D eigenvalue weighted by atomic mass is 32.1. The van der Waals surface area contributed by atoms with Crippen LogP contribution in [0.4, 0.5) is 9.39 Å². The summed E-state index contributed by atoms with van der Waals surface area (Å²) in [6, 6.07) is 5.87. The molecule has 1 aliphatic rings. The molecule has 148 valence electrons. The lowest BCUT2D eigenvalue weighted by Gasteiger charge is -2.11. The lowest BCUT2D eigenvalue weighted by molar-refractivity contribution is -0.111. The van der Waals surface area contributed by atoms with Crippen LogP contribution in [0.2, 0.25) is 0 Å². The number of nitrogens with one attached hydrogen (secondary N) is 1. The normalized spacial score (nSPS) is 14.0. The number of hydrogen-bond donors (Lipinski definition) is 1. The van der Waals surface area contributed by atoms with Gasteiger partial charge in [0.1, 0.15) is 10.8 Å². The fraction of sp³-hybridized carbons (Fsp3) is 0.364. The first kappa shape index (κ1) is 20.3. The molecule has 0 atom stereocenters. The molecule has 1 N–H and O–H groups in total. The van der Waals surface area contributed by atoms with Crippen molar-refractivity contribution < 1.29 is 18.7 Å². The SMILES string of the molecule is CC(C)OC(=O)c1c(NC(=O)C=Cc2ccc(F)cc2)sc2c1CCCCC2. The molecule has 0 radical (unpaired) electrons. The van der Waals surface area contributed by atoms with Crippen molar-refractivity contribution in [2.45, 2.75) is 52.1 Å². The van der Waals surface area contributed by atoms with Gasteiger partial charge in [0, 0.05) is 11.0 Å². The number of carbonyl (C=O) groups is 2. The van der Waals surface area contributed by atoms with Crippen molar-refractivity contribution >= 4 is 34.3 Å². The van der Waals surface area contributed by atoms with E-state index in [2.05, 4.69) is 5.32 Å². The number of esters is 1. The molecule has 1 aromatic heterocycles. The standard InChI is InChI=1S/C22H24FNO3S/c1-14(2)27-22(26)20-17-6-4-3-5-7-18(17)28-21(20)24-19(25)13-10-15-8-11-16(23)12-9-15/h8-14H,3-7H2,1-2H3,(H,24,25). The zero-order chi connectivity index (χ0) is 20.1. The summed E-state index contributed by atoms with van der Waals surface area (Å²) in [5.74, 6) is -1.04. The molecule has 3 rings (SSSR count). The van der Waals surface area contributed by atoms with Gasteiger partial charge in [-0.1, -0.05) is 18.6 Å². The predicted octanol–water partition coefficient (Wildman–Crippen LogP) is 5.37. The summed E-state index contributed by atoms with van der Waals surface area (Å²) in [5.41, 5.74) is 2.24. The second kappa shape index (κ2) is 9.15. The molecule has 1 heterocycles. The Bertz CT molecular complexity index is 884. The number of benzene rings is 1. The number of aryl methyl sites for hydroxylation is 1. The van der Waals surface area contributed by atoms with Gasteiger partial charge in [0.25, 0.3) is 0 Å². The largest absolute Gasteiger partial charge is 0.459 e. The lowest BCUT2D eigenvalue weighted by atomic mass is 10.1. The second-order valence-electron chi connectivity index (χ2n) is 7.10. The van der Waals surface area contributed by atoms with Crippen LogP contribution in [0.5, 0.6) is 0 Å². The summed E-state index contributed by atoms with van der Waals surface area (Å²) in [6.07, 6.45) is 7.78. The number of halogens is 1. The fourth-order valence-corrected chi connectivity index (χ4v) is 4.50. The second-order valence-corrected chi connectivity index (χ2v) is 8.20. The van der Waals surface area contributed by atoms with Crippen LogP contribution in [-0.2, 0) is 22.4 Å². The molecular formula is C22H24FNO3S. The van der Waals surface area contributed by atoms with Gasteiger partial charge in [0.2, 0.25) is 5.91 Å². The number of hydrogen-bond acceptors (Lipinski definition) is 4. The molecule has 1 aromatic carbocycles. The highest BCUT2D eigenvalue weighted by Gasteiger charge is 2.26. The molecule has 0 saturated carbocycles. The van der Waals surface area contributed by atoms with E-state index in [1.807, 2.05) is 13.8 Å². The van der Waals surface area contributed by atoms with Crippen LogP contribution in [0, 0.1) is 5.82 Å². The van der Waals surface area contributed by atoms with E-state index >= 15 is 0 Å². The molecular weight excluding hydrogens is 377 g/mol. The van der Waals surface area contributed by atoms with Crippen molar-refractivity contribution in [3.05, 3.63) is 57.7 Å². The van der Waals surface area contributed by atoms with Crippen LogP contribution in [0.3, 0.4) is 0 Å². The minimum atomic E-state index is -0.382. The topological polar surface area (TPSA) is 55.4 Å². The van der Waals surface area contributed by atoms with Gasteiger partial charge in [-0.2, -0.15) is 0 Å². The maximum atomic E-state index is 13.0. The average Bonchev–Trinajstić information content (AvgIpc) is 2.81. The van der Waals surface area contributed by atoms with Gasteiger partial charge in [-0.05, 0) is 68.9 Å². The third-order valence-electron chi connectivity index (χ3n) is 4.50. The smallest absolute Gasteiger partial charge is 0.341 e. The number of thiophene rings is 1. The van der Waals surface area contributed by atoms with Crippen LogP contribution in [0.1, 0.15) is 59.5 Å². The lowest BCUT2D eigenvalue weighted by Crippen LogP contribution is -2.16. The maximum absolute atomic E-state index is 13.0. The van der Waals surface area contributed by atoms with Gasteiger partial charge < -0.3 is 10.1 Å². The minimum absolute atomic E-state index is 0.226. The van der Waals surface area contributed by atoms with Crippen LogP contribution < -0.4 is 5.32 Å². The maximum Gasteiger partial charge on any atom is 0.341 e. The number of rotatable bonds is 5. The van der Waals surface area contributed by atoms with E-state index < -0.39 is 0 Å². The Labute approximate surface area is 168 Å². The molecule has 0 bridgehead atoms. The van der Waals surface area contributed by atoms with Crippen molar-refractivity contribution in [1.29, 1.82) is 0 Å². The monoisotopic (exact) mass is 401 g/mol. The Balaban J connectivity index is 1.82. The summed E-state index contributed by atoms with van der Waals surface area (Å²) in [6.45, 7) is 3.62. The van der Waals surface area contributed by atoms with E-state index in [1.54, 1.807) is 18.2 Å². The minimum Gasteiger partial charge on any atom is -0.459 e. The van der Waals surface area contributed by atoms with E-state index in [4.69, 9.17) is 4.74 Å². The summed E-state index contributed by atoms with van der Waals surface area (Å²) < 4.78 is 18.4. The van der Waals surface area contributed by atoms with Gasteiger partial charge in [0.15, 0.2) is 0 Å². The van der Waals surface area contributed by atoms with E-state index in [0.717, 1.165) is 48.1 Å². The van der Waals surface area contributed by atoms with Gasteiger partial charge >= 0.3 is 5.97 Å². The molecule has 0 spiro atoms. The Morgan fingerprint density at radius 1 is 1.14 bits per heavy atom. The Kier molecular flexibility index (Phi) is 6.62. The molecule has 2 aromatic rings. The molecule has 0 unspecified atom stereocenters. The molecule has 4 nitrogen and oxygen atoms in total. The molecule has 1 aliphatic carbocycles. The Morgan fingerprint density at radius 2 is 1.86 bits per heavy atom. The zero-order valence-electron chi connectivity index (χ0n) is 16.1. The molecule has 0 aliphatic heterocycles. The van der Waals surface area contributed by atoms with E-state index in [1.165, 1.54) is 29.5 Å². The first-order valence-electron chi connectivity index (χ1n) is 9.54. The van der Waals surface area contributed by atoms with Crippen molar-refractivity contribution in [2.24, 2.45) is 0 Å². The number of ether oxygens (including phenoxy) is 1. The summed E-state index contributed by atoms with van der Waals surface area (Å²) in [4.78, 5) is 26.3. The van der Waals surface area contributed by atoms with Gasteiger partial charge in [-0.25, -0.2) is 9.18 Å². The number of fused-ring (bicyclic) bond motifs is 1. The predicted molar refractivity (Wildman–Crippen MR) is 110 cm³/mol. The average molecular weight is 402 g/mol. The first-order valence-corrected chi connectivity index (χ1v) is 10.4. The summed E-state index contributed by atoms with van der Waals surface area (Å²) in [7, 11) is 0. The van der Waals surface area contributed by atoms with Crippen LogP contribution in [0.25, 0.3) is 6.08 Å². The van der Waals surface area contributed by atoms with Crippen LogP contribution >= 0.6 is 11.3 Å². The number of carbonyl (C=O) groups excluding carboxylic acids is 2.